The number of ether oxygens (including phenoxy) is 1. The van der Waals surface area contributed by atoms with Crippen molar-refractivity contribution in [1.82, 2.24) is 74.3 Å². The van der Waals surface area contributed by atoms with Crippen LogP contribution in [0.4, 0.5) is 0 Å². The summed E-state index contributed by atoms with van der Waals surface area (Å²) in [4.78, 5) is 96.2. The first kappa shape index (κ1) is 104. The van der Waals surface area contributed by atoms with Crippen LogP contribution in [0.1, 0.15) is 237 Å². The molecule has 11 aromatic carbocycles. The first-order valence-corrected chi connectivity index (χ1v) is 49.5. The summed E-state index contributed by atoms with van der Waals surface area (Å²) in [5.41, 5.74) is 20.1. The fourth-order valence-corrected chi connectivity index (χ4v) is 16.9. The highest BCUT2D eigenvalue weighted by molar-refractivity contribution is 6.31. The molecule has 27 heteroatoms. The number of carboxylic acids is 1. The van der Waals surface area contributed by atoms with Crippen molar-refractivity contribution in [2.75, 3.05) is 13.1 Å². The van der Waals surface area contributed by atoms with Crippen molar-refractivity contribution < 1.29 is 38.6 Å². The molecule has 17 rings (SSSR count). The molecule has 4 atom stereocenters. The number of fused-ring (bicyclic) bond motifs is 5. The SMILES string of the molecule is CC(C)CC(C)NC(=O)c1ccc2c(c1)ncn2Cc1ccc(Cl)cc1.CC(C)CCC(C)NC(=O)c1ccc2c(c1)ncn2Cc1ccc(Cl)cc1.CC(C)CCNC(=O)c1ccc2c(c1)ncn2Cc1ccc(Cl)cc1.Cc1nc2cc(C(=O)N[C@@H](C)c3cccc(C(C)C)c3)ccc2n1Cc1cccc(O[C@@H](C)C(=O)O)c1.O=C(NCC1CCC1)c1ccc2c(c1)ncn2Cc1ccc(Cl)cc1. The number of halogens is 4. The summed E-state index contributed by atoms with van der Waals surface area (Å²) in [5.74, 6) is 2.86. The summed E-state index contributed by atoms with van der Waals surface area (Å²) >= 11 is 23.8. The molecule has 0 radical (unpaired) electrons. The molecule has 0 aliphatic heterocycles. The van der Waals surface area contributed by atoms with Crippen LogP contribution in [0, 0.1) is 30.6 Å². The Morgan fingerprint density at radius 2 is 0.771 bits per heavy atom. The van der Waals surface area contributed by atoms with E-state index in [9.17, 15) is 28.8 Å². The molecule has 2 unspecified atom stereocenters. The van der Waals surface area contributed by atoms with Crippen LogP contribution < -0.4 is 31.3 Å². The quantitative estimate of drug-likeness (QED) is 0.0223. The lowest BCUT2D eigenvalue weighted by atomic mass is 9.85. The van der Waals surface area contributed by atoms with E-state index >= 15 is 0 Å². The smallest absolute Gasteiger partial charge is 0.344 e. The van der Waals surface area contributed by atoms with Gasteiger partial charge in [-0.1, -0.05) is 193 Å². The molecule has 1 aliphatic carbocycles. The molecule has 0 bridgehead atoms. The van der Waals surface area contributed by atoms with Gasteiger partial charge >= 0.3 is 5.97 Å². The number of amides is 5. The molecule has 728 valence electrons. The molecule has 1 aliphatic rings. The zero-order valence-corrected chi connectivity index (χ0v) is 84.7. The third-order valence-corrected chi connectivity index (χ3v) is 25.7. The number of nitrogens with one attached hydrogen (secondary N) is 5. The molecule has 1 saturated carbocycles. The molecule has 23 nitrogen and oxygen atoms in total. The summed E-state index contributed by atoms with van der Waals surface area (Å²) in [5, 5.41) is 27.3. The summed E-state index contributed by atoms with van der Waals surface area (Å²) in [7, 11) is 0. The topological polar surface area (TPSA) is 281 Å². The number of aryl methyl sites for hydroxylation is 1. The zero-order chi connectivity index (χ0) is 99.8. The molecule has 5 amide bonds. The minimum atomic E-state index is -1.01. The number of aromatic nitrogens is 10. The van der Waals surface area contributed by atoms with Gasteiger partial charge in [0.25, 0.3) is 29.5 Å². The van der Waals surface area contributed by atoms with Gasteiger partial charge in [0.05, 0.1) is 86.5 Å². The van der Waals surface area contributed by atoms with Gasteiger partial charge in [-0.3, -0.25) is 24.0 Å². The second-order valence-corrected chi connectivity index (χ2v) is 39.6. The van der Waals surface area contributed by atoms with Crippen molar-refractivity contribution in [2.45, 2.75) is 198 Å². The third kappa shape index (κ3) is 29.6. The van der Waals surface area contributed by atoms with Gasteiger partial charge in [0, 0.05) is 106 Å². The molecule has 5 heterocycles. The van der Waals surface area contributed by atoms with Crippen molar-refractivity contribution in [2.24, 2.45) is 23.7 Å². The predicted molar refractivity (Wildman–Crippen MR) is 564 cm³/mol. The largest absolute Gasteiger partial charge is 0.479 e. The fourth-order valence-electron chi connectivity index (χ4n) is 16.4. The van der Waals surface area contributed by atoms with Gasteiger partial charge in [-0.15, -0.1) is 0 Å². The standard InChI is InChI=1S/C30H33N3O4.C22H26ClN3O.C21H24ClN3O.C20H20ClN3O.C20H22ClN3O/c1-18(2)23-9-7-10-24(15-23)19(3)31-29(34)25-12-13-28-27(16-25)32-21(5)33(28)17-22-8-6-11-26(14-22)37-20(4)30(35)36;1-15(2)4-5-16(3)25-22(27)18-8-11-21-20(12-18)24-14-26(21)13-17-6-9-19(23)10-7-17;1-14(2)10-15(3)24-21(26)17-6-9-20-19(11-17)23-13-25(20)12-16-4-7-18(22)8-5-16;21-17-7-4-15(5-8-17)12-24-13-23-18-10-16(6-9-19(18)24)20(25)22-11-14-2-1-3-14;1-14(2)9-10-22-20(25)16-5-8-19-18(11-16)23-13-24(19)12-15-3-6-17(21)7-4-15/h6-16,18-20H,17H2,1-5H3,(H,31,34)(H,35,36);6-12,14-16H,4-5,13H2,1-3H3,(H,25,27);4-9,11,13-15H,10,12H2,1-3H3,(H,24,26);4-10,13-14H,1-3,11-12H2,(H,22,25);3-8,11,13-14H,9-10,12H2,1-2H3,(H,22,25)/t19-,20-;;;;/m0..../s1. The fraction of sp³-hybridized carbons (Fsp3) is 0.319. The van der Waals surface area contributed by atoms with Crippen LogP contribution in [-0.2, 0) is 37.5 Å². The Labute approximate surface area is 839 Å². The van der Waals surface area contributed by atoms with Crippen LogP contribution in [0.3, 0.4) is 0 Å². The van der Waals surface area contributed by atoms with Crippen LogP contribution in [0.25, 0.3) is 55.2 Å². The molecular weight excluding hydrogens is 1840 g/mol. The average Bonchev–Trinajstić information content (AvgIpc) is 1.71. The summed E-state index contributed by atoms with van der Waals surface area (Å²) < 4.78 is 15.9. The predicted octanol–water partition coefficient (Wildman–Crippen LogP) is 24.8. The molecular formula is C113H125Cl4N15O8. The lowest BCUT2D eigenvalue weighted by Crippen LogP contribution is -2.33. The van der Waals surface area contributed by atoms with E-state index in [1.165, 1.54) is 31.7 Å². The number of carbonyl (C=O) groups is 6. The van der Waals surface area contributed by atoms with E-state index in [-0.39, 0.29) is 47.7 Å². The van der Waals surface area contributed by atoms with E-state index in [2.05, 4.69) is 149 Å². The zero-order valence-electron chi connectivity index (χ0n) is 81.7. The number of hydrogen-bond acceptors (Lipinski definition) is 12. The monoisotopic (exact) mass is 1960 g/mol. The van der Waals surface area contributed by atoms with Crippen molar-refractivity contribution in [1.29, 1.82) is 0 Å². The minimum Gasteiger partial charge on any atom is -0.479 e. The minimum absolute atomic E-state index is 0.0129. The lowest BCUT2D eigenvalue weighted by Gasteiger charge is -2.25. The normalized spacial score (nSPS) is 12.7. The van der Waals surface area contributed by atoms with Crippen LogP contribution >= 0.6 is 46.4 Å². The average molecular weight is 1960 g/mol. The highest BCUT2D eigenvalue weighted by atomic mass is 35.5. The molecule has 6 N–H and O–H groups in total. The maximum absolute atomic E-state index is 13.0. The van der Waals surface area contributed by atoms with Crippen molar-refractivity contribution in [3.63, 3.8) is 0 Å². The van der Waals surface area contributed by atoms with Crippen molar-refractivity contribution >= 4 is 137 Å². The number of hydrogen-bond donors (Lipinski definition) is 6. The van der Waals surface area contributed by atoms with E-state index in [1.807, 2.05) is 258 Å². The molecule has 5 aromatic heterocycles. The number of benzene rings is 11. The number of imidazole rings is 5. The van der Waals surface area contributed by atoms with Crippen molar-refractivity contribution in [3.05, 3.63) is 355 Å². The Hall–Kier alpha value is -13.5. The van der Waals surface area contributed by atoms with E-state index in [0.717, 1.165) is 153 Å². The second kappa shape index (κ2) is 49.4. The van der Waals surface area contributed by atoms with Crippen LogP contribution in [0.2, 0.25) is 20.1 Å². The molecule has 1 fully saturated rings. The van der Waals surface area contributed by atoms with Gasteiger partial charge in [0.15, 0.2) is 6.10 Å². The van der Waals surface area contributed by atoms with Crippen LogP contribution in [-0.4, -0.2) is 120 Å². The first-order chi connectivity index (χ1) is 67.2. The van der Waals surface area contributed by atoms with E-state index in [0.29, 0.717) is 95.9 Å². The molecule has 140 heavy (non-hydrogen) atoms. The summed E-state index contributed by atoms with van der Waals surface area (Å²) in [6.45, 7) is 31.7. The second-order valence-electron chi connectivity index (χ2n) is 37.8. The maximum Gasteiger partial charge on any atom is 0.344 e. The number of carboxylic acid groups (broad SMARTS) is 1. The van der Waals surface area contributed by atoms with Gasteiger partial charge in [-0.05, 0) is 293 Å². The highest BCUT2D eigenvalue weighted by Crippen LogP contribution is 2.30. The lowest BCUT2D eigenvalue weighted by molar-refractivity contribution is -0.144. The molecule has 0 spiro atoms. The Morgan fingerprint density at radius 3 is 1.17 bits per heavy atom. The number of nitrogens with zero attached hydrogens (tertiary/aromatic N) is 10. The summed E-state index contributed by atoms with van der Waals surface area (Å²) in [6, 6.07) is 75.3. The van der Waals surface area contributed by atoms with Gasteiger partial charge in [0.2, 0.25) is 0 Å². The van der Waals surface area contributed by atoms with Gasteiger partial charge in [-0.2, -0.15) is 0 Å². The van der Waals surface area contributed by atoms with Crippen LogP contribution in [0.15, 0.2) is 262 Å². The van der Waals surface area contributed by atoms with Gasteiger partial charge in [-0.25, -0.2) is 29.7 Å². The van der Waals surface area contributed by atoms with E-state index in [1.54, 1.807) is 12.4 Å². The molecule has 0 saturated heterocycles. The van der Waals surface area contributed by atoms with Gasteiger partial charge < -0.3 is 59.3 Å². The first-order valence-electron chi connectivity index (χ1n) is 48.0. The molecule has 16 aromatic rings. The highest BCUT2D eigenvalue weighted by Gasteiger charge is 2.23. The number of aliphatic carboxylic acids is 1. The van der Waals surface area contributed by atoms with E-state index in [4.69, 9.17) is 56.2 Å². The third-order valence-electron chi connectivity index (χ3n) is 24.7. The van der Waals surface area contributed by atoms with E-state index < -0.39 is 12.1 Å². The summed E-state index contributed by atoms with van der Waals surface area (Å²) in [6.07, 6.45) is 14.1. The van der Waals surface area contributed by atoms with Crippen molar-refractivity contribution in [3.8, 4) is 5.75 Å². The Kier molecular flexibility index (Phi) is 36.7. The number of carbonyl (C=O) groups excluding carboxylic acids is 5. The Bertz CT molecular complexity index is 6920. The Balaban J connectivity index is 0.000000149. The van der Waals surface area contributed by atoms with Gasteiger partial charge in [0.1, 0.15) is 11.6 Å². The van der Waals surface area contributed by atoms with Crippen LogP contribution in [0.5, 0.6) is 5.75 Å². The Morgan fingerprint density at radius 1 is 0.386 bits per heavy atom. The maximum atomic E-state index is 13.0. The number of rotatable bonds is 33.